The van der Waals surface area contributed by atoms with Crippen LogP contribution in [0.25, 0.3) is 132 Å². The molecule has 7 aromatic heterocycles. The van der Waals surface area contributed by atoms with Crippen molar-refractivity contribution in [3.8, 4) is 56.3 Å². The Morgan fingerprint density at radius 1 is 0.370 bits per heavy atom. The number of anilines is 5. The Bertz CT molecular complexity index is 7210. The van der Waals surface area contributed by atoms with Gasteiger partial charge in [0.2, 0.25) is 23.6 Å². The van der Waals surface area contributed by atoms with Gasteiger partial charge in [0, 0.05) is 108 Å². The molecule has 1 saturated carbocycles. The fourth-order valence-corrected chi connectivity index (χ4v) is 16.2. The standard InChI is InChI=1S/C21H16FN3O.2C19H13F2N3OS.C19H14FN3O.C18H15F2N3O2/c22-18-11-16(23-21(26)13-6-7-13)10-17-19(24-25-20(17)18)15-8-5-12-3-1-2-4-14(12)9-15;20-12-4-1-3-11(7-12)18-15-8-13(9-16(21)19(15)24-23-18)22-17(25)10-14-5-2-6-26-14;20-13-3-1-2-12(7-13)18-15-8-14(9-16(21)19(15)24-23-18)22-17(25)6-11-4-5-26-10-11;1-11(24)21-15-9-16-18(22-23-19(16)17(20)10-15)14-7-6-12-4-2-3-5-13(12)8-14;19-11-4-1-3-10(7-11)16-13-8-12(9-14(20)17(13)23-22-16)21-18(24)15-5-2-6-25-15/h1-5,8-11,13H,6-7H2,(H,23,26)(H,24,25);1-9H,10H2,(H,22,25)(H,23,24);1-5,7-10H,6H2,(H,22,25)(H,23,24);2-10H,1H3,(H,21,24)(H,22,23);1,3-4,7-9,15H,2,5-6H2,(H,21,24)(H,22,23). The lowest BCUT2D eigenvalue weighted by Crippen LogP contribution is -2.26. The summed E-state index contributed by atoms with van der Waals surface area (Å²) in [6.07, 6.45) is 3.22. The second-order valence-corrected chi connectivity index (χ2v) is 31.8. The molecule has 1 unspecified atom stereocenters. The Balaban J connectivity index is 0.000000112. The average Bonchev–Trinajstić information content (AvgIpc) is 1.65. The Labute approximate surface area is 724 Å². The Kier molecular flexibility index (Phi) is 24.4. The number of amides is 5. The minimum atomic E-state index is -0.570. The van der Waals surface area contributed by atoms with Crippen molar-refractivity contribution in [3.05, 3.63) is 310 Å². The van der Waals surface area contributed by atoms with Crippen molar-refractivity contribution in [3.63, 3.8) is 0 Å². The molecule has 1 aliphatic heterocycles. The van der Waals surface area contributed by atoms with Crippen molar-refractivity contribution < 1.29 is 63.8 Å². The summed E-state index contributed by atoms with van der Waals surface area (Å²) in [5.41, 5.74) is 10.1. The molecule has 10 N–H and O–H groups in total. The molecule has 21 rings (SSSR count). The van der Waals surface area contributed by atoms with Crippen LogP contribution in [0.1, 0.15) is 43.0 Å². The number of rotatable bonds is 16. The number of aromatic amines is 5. The van der Waals surface area contributed by atoms with Crippen LogP contribution >= 0.6 is 22.7 Å². The van der Waals surface area contributed by atoms with Gasteiger partial charge in [-0.25, -0.2) is 35.1 Å². The number of fused-ring (bicyclic) bond motifs is 7. The van der Waals surface area contributed by atoms with Crippen molar-refractivity contribution in [1.82, 2.24) is 51.0 Å². The number of halogens is 8. The molecule has 1 saturated heterocycles. The molecule has 0 spiro atoms. The lowest BCUT2D eigenvalue weighted by molar-refractivity contribution is -0.124. The number of carbonyl (C=O) groups is 5. The third-order valence-corrected chi connectivity index (χ3v) is 22.5. The van der Waals surface area contributed by atoms with Gasteiger partial charge in [-0.15, -0.1) is 11.3 Å². The van der Waals surface area contributed by atoms with Gasteiger partial charge in [0.05, 0.1) is 41.3 Å². The van der Waals surface area contributed by atoms with Crippen molar-refractivity contribution in [2.45, 2.75) is 51.6 Å². The molecule has 127 heavy (non-hydrogen) atoms. The number of benzene rings is 12. The smallest absolute Gasteiger partial charge is 0.253 e. The van der Waals surface area contributed by atoms with Crippen LogP contribution in [0.15, 0.2) is 253 Å². The molecule has 1 aliphatic carbocycles. The number of hydrogen-bond acceptors (Lipinski definition) is 13. The molecule has 21 nitrogen and oxygen atoms in total. The zero-order valence-electron chi connectivity index (χ0n) is 66.9. The van der Waals surface area contributed by atoms with Gasteiger partial charge in [0.15, 0.2) is 29.1 Å². The molecule has 19 aromatic rings. The number of nitrogens with one attached hydrogen (secondary N) is 10. The fourth-order valence-electron chi connectivity index (χ4n) is 14.8. The molecule has 634 valence electrons. The van der Waals surface area contributed by atoms with E-state index in [1.54, 1.807) is 66.7 Å². The van der Waals surface area contributed by atoms with Gasteiger partial charge < -0.3 is 31.3 Å². The molecule has 31 heteroatoms. The lowest BCUT2D eigenvalue weighted by Gasteiger charge is -2.11. The fraction of sp³-hybridized carbons (Fsp3) is 0.104. The average molecular weight is 1750 g/mol. The zero-order chi connectivity index (χ0) is 87.9. The number of carbonyl (C=O) groups excluding carboxylic acids is 5. The molecular formula is C96H71F8N15O6S2. The monoisotopic (exact) mass is 1750 g/mol. The second-order valence-electron chi connectivity index (χ2n) is 30.0. The summed E-state index contributed by atoms with van der Waals surface area (Å²) in [6, 6.07) is 66.3. The summed E-state index contributed by atoms with van der Waals surface area (Å²) in [6.45, 7) is 1.94. The summed E-state index contributed by atoms with van der Waals surface area (Å²) >= 11 is 3.00. The predicted octanol–water partition coefficient (Wildman–Crippen LogP) is 22.5. The molecule has 0 radical (unpaired) electrons. The van der Waals surface area contributed by atoms with Gasteiger partial charge in [0.25, 0.3) is 5.91 Å². The van der Waals surface area contributed by atoms with Gasteiger partial charge >= 0.3 is 0 Å². The van der Waals surface area contributed by atoms with Gasteiger partial charge in [-0.05, 0) is 190 Å². The quantitative estimate of drug-likeness (QED) is 0.0406. The van der Waals surface area contributed by atoms with Crippen molar-refractivity contribution in [1.29, 1.82) is 0 Å². The highest BCUT2D eigenvalue weighted by Crippen LogP contribution is 2.39. The Morgan fingerprint density at radius 3 is 1.10 bits per heavy atom. The topological polar surface area (TPSA) is 298 Å². The van der Waals surface area contributed by atoms with Crippen LogP contribution in [0, 0.1) is 52.5 Å². The summed E-state index contributed by atoms with van der Waals surface area (Å²) in [5.74, 6) is -4.80. The highest BCUT2D eigenvalue weighted by atomic mass is 32.1. The van der Waals surface area contributed by atoms with Gasteiger partial charge in [0.1, 0.15) is 51.1 Å². The van der Waals surface area contributed by atoms with E-state index in [0.29, 0.717) is 102 Å². The maximum atomic E-state index is 14.5. The van der Waals surface area contributed by atoms with Crippen LogP contribution < -0.4 is 26.6 Å². The number of ether oxygens (including phenoxy) is 1. The maximum absolute atomic E-state index is 14.5. The second kappa shape index (κ2) is 37.0. The maximum Gasteiger partial charge on any atom is 0.253 e. The van der Waals surface area contributed by atoms with Gasteiger partial charge in [-0.2, -0.15) is 36.8 Å². The van der Waals surface area contributed by atoms with Gasteiger partial charge in [-0.1, -0.05) is 115 Å². The third-order valence-electron chi connectivity index (χ3n) is 20.9. The van der Waals surface area contributed by atoms with E-state index in [1.807, 2.05) is 107 Å². The van der Waals surface area contributed by atoms with Crippen molar-refractivity contribution >= 4 is 157 Å². The van der Waals surface area contributed by atoms with E-state index in [-0.39, 0.29) is 75.9 Å². The van der Waals surface area contributed by atoms with E-state index in [2.05, 4.69) is 89.7 Å². The molecule has 8 heterocycles. The minimum absolute atomic E-state index is 0.0421. The minimum Gasteiger partial charge on any atom is -0.368 e. The first-order valence-corrected chi connectivity index (χ1v) is 41.7. The molecule has 1 atom stereocenters. The molecular weight excluding hydrogens is 1680 g/mol. The summed E-state index contributed by atoms with van der Waals surface area (Å²) in [4.78, 5) is 60.7. The largest absolute Gasteiger partial charge is 0.368 e. The van der Waals surface area contributed by atoms with E-state index < -0.39 is 52.6 Å². The number of thiophene rings is 2. The number of H-pyrrole nitrogens is 5. The highest BCUT2D eigenvalue weighted by molar-refractivity contribution is 7.10. The van der Waals surface area contributed by atoms with Crippen LogP contribution in [0.3, 0.4) is 0 Å². The van der Waals surface area contributed by atoms with Crippen LogP contribution in [0.4, 0.5) is 63.6 Å². The highest BCUT2D eigenvalue weighted by Gasteiger charge is 2.31. The van der Waals surface area contributed by atoms with E-state index in [1.165, 1.54) is 96.3 Å². The van der Waals surface area contributed by atoms with E-state index in [4.69, 9.17) is 4.74 Å². The van der Waals surface area contributed by atoms with E-state index in [0.717, 1.165) is 73.8 Å². The number of aromatic nitrogens is 10. The first kappa shape index (κ1) is 83.9. The number of nitrogens with zero attached hydrogens (tertiary/aromatic N) is 5. The lowest BCUT2D eigenvalue weighted by atomic mass is 10.0. The normalized spacial score (nSPS) is 12.8. The molecule has 2 fully saturated rings. The predicted molar refractivity (Wildman–Crippen MR) is 479 cm³/mol. The van der Waals surface area contributed by atoms with Crippen LogP contribution in [0.2, 0.25) is 0 Å². The Morgan fingerprint density at radius 2 is 0.748 bits per heavy atom. The van der Waals surface area contributed by atoms with Crippen LogP contribution in [-0.2, 0) is 41.6 Å². The van der Waals surface area contributed by atoms with Crippen molar-refractivity contribution in [2.24, 2.45) is 5.92 Å². The Hall–Kier alpha value is -15.3. The van der Waals surface area contributed by atoms with E-state index in [9.17, 15) is 59.1 Å². The third kappa shape index (κ3) is 19.4. The molecule has 2 aliphatic rings. The van der Waals surface area contributed by atoms with Crippen LogP contribution in [0.5, 0.6) is 0 Å². The van der Waals surface area contributed by atoms with Crippen LogP contribution in [-0.4, -0.2) is 93.2 Å². The first-order chi connectivity index (χ1) is 61.6. The van der Waals surface area contributed by atoms with Crippen molar-refractivity contribution in [2.75, 3.05) is 33.2 Å². The number of hydrogen-bond donors (Lipinski definition) is 10. The summed E-state index contributed by atoms with van der Waals surface area (Å²) in [7, 11) is 0. The SMILES string of the molecule is CC(=O)Nc1cc(F)c2n[nH]c(-c3ccc4ccccc4c3)c2c1.O=C(Cc1cccs1)Nc1cc(F)c2n[nH]c(-c3cccc(F)c3)c2c1.O=C(Cc1ccsc1)Nc1cc(F)c2n[nH]c(-c3cccc(F)c3)c2c1.O=C(Nc1cc(F)c2n[nH]c(-c3ccc4ccccc4c3)c2c1)C1CC1.O=C(Nc1cc(F)c2n[nH]c(-c3cccc(F)c3)c2c1)C1CCCO1. The summed E-state index contributed by atoms with van der Waals surface area (Å²) < 4.78 is 118. The molecule has 12 aromatic carbocycles. The molecule has 5 amide bonds. The summed E-state index contributed by atoms with van der Waals surface area (Å²) in [5, 5.41) is 60.6. The first-order valence-electron chi connectivity index (χ1n) is 39.9. The van der Waals surface area contributed by atoms with Gasteiger partial charge in [-0.3, -0.25) is 49.5 Å². The zero-order valence-corrected chi connectivity index (χ0v) is 68.5. The van der Waals surface area contributed by atoms with E-state index >= 15 is 0 Å². The molecule has 0 bridgehead atoms.